The van der Waals surface area contributed by atoms with E-state index in [0.29, 0.717) is 11.3 Å². The number of amides is 3. The van der Waals surface area contributed by atoms with Crippen LogP contribution in [-0.2, 0) is 20.8 Å². The number of rotatable bonds is 7. The SMILES string of the molecule is CN1C=CC(=O)C(NC(=O)NC(CC(=O)O)c2ccc(Cc3ccccc3)s2)C1=O.[NaH]. The average molecular weight is 451 g/mol. The average Bonchev–Trinajstić information content (AvgIpc) is 3.17. The molecule has 0 bridgehead atoms. The molecule has 0 aliphatic carbocycles. The van der Waals surface area contributed by atoms with Crippen molar-refractivity contribution >= 4 is 64.6 Å². The van der Waals surface area contributed by atoms with E-state index in [1.54, 1.807) is 6.07 Å². The zero-order chi connectivity index (χ0) is 21.7. The van der Waals surface area contributed by atoms with Gasteiger partial charge < -0.3 is 20.6 Å². The Labute approximate surface area is 205 Å². The van der Waals surface area contributed by atoms with E-state index in [0.717, 1.165) is 10.4 Å². The van der Waals surface area contributed by atoms with Crippen LogP contribution in [0.4, 0.5) is 4.79 Å². The fourth-order valence-corrected chi connectivity index (χ4v) is 4.11. The van der Waals surface area contributed by atoms with Gasteiger partial charge in [0.25, 0.3) is 5.91 Å². The summed E-state index contributed by atoms with van der Waals surface area (Å²) in [6, 6.07) is 10.6. The molecule has 2 heterocycles. The van der Waals surface area contributed by atoms with Crippen LogP contribution in [-0.4, -0.2) is 76.3 Å². The third-order valence-electron chi connectivity index (χ3n) is 4.55. The molecule has 0 radical (unpaired) electrons. The molecule has 3 amide bonds. The first kappa shape index (κ1) is 24.8. The summed E-state index contributed by atoms with van der Waals surface area (Å²) < 4.78 is 0. The number of urea groups is 1. The number of carbonyl (C=O) groups excluding carboxylic acids is 3. The van der Waals surface area contributed by atoms with Crippen LogP contribution in [0.15, 0.2) is 54.7 Å². The molecule has 3 rings (SSSR count). The molecule has 1 aromatic heterocycles. The summed E-state index contributed by atoms with van der Waals surface area (Å²) in [5.41, 5.74) is 1.12. The molecule has 10 heteroatoms. The topological polar surface area (TPSA) is 116 Å². The van der Waals surface area contributed by atoms with Crippen LogP contribution in [0.2, 0.25) is 0 Å². The van der Waals surface area contributed by atoms with E-state index in [-0.39, 0.29) is 36.0 Å². The normalized spacial score (nSPS) is 16.4. The molecule has 2 aromatic rings. The number of hydrogen-bond donors (Lipinski definition) is 3. The summed E-state index contributed by atoms with van der Waals surface area (Å²) in [6.45, 7) is 0. The van der Waals surface area contributed by atoms with Gasteiger partial charge in [0.1, 0.15) is 0 Å². The Morgan fingerprint density at radius 3 is 2.55 bits per heavy atom. The van der Waals surface area contributed by atoms with E-state index in [2.05, 4.69) is 10.6 Å². The minimum absolute atomic E-state index is 0. The van der Waals surface area contributed by atoms with E-state index >= 15 is 0 Å². The van der Waals surface area contributed by atoms with Gasteiger partial charge >= 0.3 is 41.6 Å². The minimum atomic E-state index is -1.33. The van der Waals surface area contributed by atoms with Crippen molar-refractivity contribution in [2.24, 2.45) is 0 Å². The molecule has 0 fully saturated rings. The Kier molecular flexibility index (Phi) is 9.00. The Hall–Kier alpha value is -2.46. The molecule has 31 heavy (non-hydrogen) atoms. The standard InChI is InChI=1S/C21H21N3O5S.Na.H/c1-24-10-9-16(25)19(20(24)28)23-21(29)22-15(12-18(26)27)17-8-7-14(30-17)11-13-5-3-2-4-6-13;;/h2-10,15,19H,11-12H2,1H3,(H,26,27)(H2,22,23,29);;. The number of hydrogen-bond acceptors (Lipinski definition) is 5. The summed E-state index contributed by atoms with van der Waals surface area (Å²) in [7, 11) is 1.48. The fourth-order valence-electron chi connectivity index (χ4n) is 3.02. The summed E-state index contributed by atoms with van der Waals surface area (Å²) in [6.07, 6.45) is 2.90. The van der Waals surface area contributed by atoms with E-state index in [1.165, 1.54) is 35.6 Å². The first-order chi connectivity index (χ1) is 14.3. The Morgan fingerprint density at radius 1 is 1.16 bits per heavy atom. The number of benzene rings is 1. The number of carbonyl (C=O) groups is 4. The van der Waals surface area contributed by atoms with E-state index < -0.39 is 35.8 Å². The maximum absolute atomic E-state index is 12.4. The molecule has 2 unspecified atom stereocenters. The van der Waals surface area contributed by atoms with Crippen molar-refractivity contribution in [1.29, 1.82) is 0 Å². The number of nitrogens with zero attached hydrogens (tertiary/aromatic N) is 1. The molecule has 1 aliphatic rings. The summed E-state index contributed by atoms with van der Waals surface area (Å²) in [4.78, 5) is 50.7. The third kappa shape index (κ3) is 6.76. The van der Waals surface area contributed by atoms with Gasteiger partial charge in [0, 0.05) is 35.5 Å². The Bertz CT molecular complexity index is 992. The van der Waals surface area contributed by atoms with Gasteiger partial charge in [0.15, 0.2) is 11.8 Å². The van der Waals surface area contributed by atoms with Crippen LogP contribution >= 0.6 is 11.3 Å². The second-order valence-electron chi connectivity index (χ2n) is 6.83. The zero-order valence-corrected chi connectivity index (χ0v) is 17.0. The molecule has 0 spiro atoms. The number of aliphatic carboxylic acids is 1. The number of likely N-dealkylation sites (N-methyl/N-ethyl adjacent to an activating group) is 1. The number of carboxylic acids is 1. The molecule has 2 atom stereocenters. The van der Waals surface area contributed by atoms with Crippen molar-refractivity contribution in [3.05, 3.63) is 70.1 Å². The van der Waals surface area contributed by atoms with Crippen molar-refractivity contribution in [3.63, 3.8) is 0 Å². The number of thiophene rings is 1. The monoisotopic (exact) mass is 451 g/mol. The molecule has 0 saturated carbocycles. The predicted octanol–water partition coefficient (Wildman–Crippen LogP) is 1.43. The van der Waals surface area contributed by atoms with E-state index in [4.69, 9.17) is 0 Å². The van der Waals surface area contributed by atoms with Gasteiger partial charge in [-0.15, -0.1) is 11.3 Å². The molecule has 0 saturated heterocycles. The van der Waals surface area contributed by atoms with Gasteiger partial charge in [-0.1, -0.05) is 30.3 Å². The van der Waals surface area contributed by atoms with Crippen LogP contribution in [0.25, 0.3) is 0 Å². The van der Waals surface area contributed by atoms with Gasteiger partial charge in [-0.25, -0.2) is 4.79 Å². The van der Waals surface area contributed by atoms with Gasteiger partial charge in [-0.3, -0.25) is 14.4 Å². The molecule has 158 valence electrons. The summed E-state index contributed by atoms with van der Waals surface area (Å²) >= 11 is 1.41. The molecular weight excluding hydrogens is 429 g/mol. The van der Waals surface area contributed by atoms with Crippen molar-refractivity contribution in [3.8, 4) is 0 Å². The van der Waals surface area contributed by atoms with Crippen LogP contribution in [0.1, 0.15) is 27.8 Å². The van der Waals surface area contributed by atoms with Crippen LogP contribution < -0.4 is 10.6 Å². The van der Waals surface area contributed by atoms with Crippen molar-refractivity contribution in [1.82, 2.24) is 15.5 Å². The molecule has 3 N–H and O–H groups in total. The first-order valence-corrected chi connectivity index (χ1v) is 10.0. The van der Waals surface area contributed by atoms with E-state index in [1.807, 2.05) is 36.4 Å². The first-order valence-electron chi connectivity index (χ1n) is 9.23. The van der Waals surface area contributed by atoms with Gasteiger partial charge in [0.05, 0.1) is 12.5 Å². The number of ketones is 1. The third-order valence-corrected chi connectivity index (χ3v) is 5.75. The quantitative estimate of drug-likeness (QED) is 0.435. The molecule has 1 aliphatic heterocycles. The van der Waals surface area contributed by atoms with Crippen LogP contribution in [0.3, 0.4) is 0 Å². The fraction of sp³-hybridized carbons (Fsp3) is 0.238. The summed E-state index contributed by atoms with van der Waals surface area (Å²) in [5, 5.41) is 14.2. The number of carboxylic acid groups (broad SMARTS) is 1. The zero-order valence-electron chi connectivity index (χ0n) is 16.2. The second-order valence-corrected chi connectivity index (χ2v) is 8.03. The molecule has 1 aromatic carbocycles. The van der Waals surface area contributed by atoms with Crippen LogP contribution in [0, 0.1) is 0 Å². The Balaban J connectivity index is 0.00000341. The number of nitrogens with one attached hydrogen (secondary N) is 2. The predicted molar refractivity (Wildman–Crippen MR) is 118 cm³/mol. The molecule has 8 nitrogen and oxygen atoms in total. The van der Waals surface area contributed by atoms with Gasteiger partial charge in [-0.2, -0.15) is 0 Å². The van der Waals surface area contributed by atoms with Crippen molar-refractivity contribution in [2.75, 3.05) is 7.05 Å². The van der Waals surface area contributed by atoms with Gasteiger partial charge in [0.2, 0.25) is 0 Å². The van der Waals surface area contributed by atoms with Crippen molar-refractivity contribution < 1.29 is 24.3 Å². The van der Waals surface area contributed by atoms with Crippen molar-refractivity contribution in [2.45, 2.75) is 24.9 Å². The Morgan fingerprint density at radius 2 is 1.87 bits per heavy atom. The van der Waals surface area contributed by atoms with E-state index in [9.17, 15) is 24.3 Å². The maximum atomic E-state index is 12.4. The molecular formula is C21H22N3NaO5S. The van der Waals surface area contributed by atoms with Crippen LogP contribution in [0.5, 0.6) is 0 Å². The summed E-state index contributed by atoms with van der Waals surface area (Å²) in [5.74, 6) is -2.18. The van der Waals surface area contributed by atoms with Gasteiger partial charge in [-0.05, 0) is 17.7 Å². The second kappa shape index (κ2) is 11.2.